The third-order valence-corrected chi connectivity index (χ3v) is 1.71. The average molecular weight is 193 g/mol. The molecule has 0 atom stereocenters. The van der Waals surface area contributed by atoms with Gasteiger partial charge < -0.3 is 15.2 Å². The molecular formula is C11H15NO2. The second-order valence-corrected chi connectivity index (χ2v) is 2.67. The van der Waals surface area contributed by atoms with Crippen LogP contribution in [0.1, 0.15) is 0 Å². The molecule has 2 N–H and O–H groups in total. The Bertz CT molecular complexity index is 297. The molecule has 0 aromatic heterocycles. The van der Waals surface area contributed by atoms with Crippen molar-refractivity contribution in [1.29, 1.82) is 0 Å². The molecule has 0 amide bonds. The van der Waals surface area contributed by atoms with Crippen molar-refractivity contribution in [3.8, 4) is 11.5 Å². The molecule has 3 heteroatoms. The van der Waals surface area contributed by atoms with Gasteiger partial charge >= 0.3 is 0 Å². The van der Waals surface area contributed by atoms with E-state index in [1.165, 1.54) is 0 Å². The average Bonchev–Trinajstić information content (AvgIpc) is 2.25. The fourth-order valence-electron chi connectivity index (χ4n) is 1.04. The quantitative estimate of drug-likeness (QED) is 0.722. The number of para-hydroxylation sites is 2. The maximum absolute atomic E-state index is 5.46. The van der Waals surface area contributed by atoms with Crippen LogP contribution in [0.25, 0.3) is 0 Å². The van der Waals surface area contributed by atoms with Crippen LogP contribution in [0.15, 0.2) is 36.4 Å². The minimum absolute atomic E-state index is 0.511. The van der Waals surface area contributed by atoms with E-state index in [-0.39, 0.29) is 0 Å². The summed E-state index contributed by atoms with van der Waals surface area (Å²) in [7, 11) is 1.62. The standard InChI is InChI=1S/C11H15NO2/c1-13-10-6-2-3-7-11(10)14-9-5-4-8-12/h2-7H,8-9,12H2,1H3/b5-4+. The molecule has 1 aromatic rings. The van der Waals surface area contributed by atoms with Crippen molar-refractivity contribution in [3.05, 3.63) is 36.4 Å². The lowest BCUT2D eigenvalue weighted by molar-refractivity contribution is 0.326. The fourth-order valence-corrected chi connectivity index (χ4v) is 1.04. The normalized spacial score (nSPS) is 10.4. The van der Waals surface area contributed by atoms with Crippen LogP contribution < -0.4 is 15.2 Å². The molecule has 0 fully saturated rings. The summed E-state index contributed by atoms with van der Waals surface area (Å²) in [5, 5.41) is 0. The SMILES string of the molecule is COc1ccccc1OC/C=C/CN. The molecule has 0 bridgehead atoms. The molecule has 0 saturated carbocycles. The van der Waals surface area contributed by atoms with Gasteiger partial charge in [-0.25, -0.2) is 0 Å². The highest BCUT2D eigenvalue weighted by molar-refractivity contribution is 5.39. The third-order valence-electron chi connectivity index (χ3n) is 1.71. The van der Waals surface area contributed by atoms with Crippen LogP contribution in [0.5, 0.6) is 11.5 Å². The van der Waals surface area contributed by atoms with Gasteiger partial charge in [-0.3, -0.25) is 0 Å². The van der Waals surface area contributed by atoms with Crippen LogP contribution >= 0.6 is 0 Å². The van der Waals surface area contributed by atoms with Gasteiger partial charge in [-0.05, 0) is 12.1 Å². The van der Waals surface area contributed by atoms with Gasteiger partial charge in [0, 0.05) is 6.54 Å². The molecule has 3 nitrogen and oxygen atoms in total. The Labute approximate surface area is 84.1 Å². The number of hydrogen-bond acceptors (Lipinski definition) is 3. The Kier molecular flexibility index (Phi) is 4.58. The smallest absolute Gasteiger partial charge is 0.161 e. The zero-order chi connectivity index (χ0) is 10.2. The lowest BCUT2D eigenvalue weighted by Gasteiger charge is -2.07. The second kappa shape index (κ2) is 6.05. The minimum atomic E-state index is 0.511. The molecule has 0 heterocycles. The number of nitrogens with two attached hydrogens (primary N) is 1. The first-order chi connectivity index (χ1) is 6.88. The van der Waals surface area contributed by atoms with Crippen LogP contribution in [0.2, 0.25) is 0 Å². The predicted molar refractivity (Wildman–Crippen MR) is 56.7 cm³/mol. The summed E-state index contributed by atoms with van der Waals surface area (Å²) in [4.78, 5) is 0. The summed E-state index contributed by atoms with van der Waals surface area (Å²) in [6.45, 7) is 1.05. The van der Waals surface area contributed by atoms with E-state index in [1.807, 2.05) is 36.4 Å². The van der Waals surface area contributed by atoms with Crippen molar-refractivity contribution in [3.63, 3.8) is 0 Å². The molecule has 0 spiro atoms. The lowest BCUT2D eigenvalue weighted by atomic mass is 10.3. The molecule has 0 aliphatic carbocycles. The number of benzene rings is 1. The van der Waals surface area contributed by atoms with E-state index >= 15 is 0 Å². The molecule has 0 unspecified atom stereocenters. The molecule has 0 aliphatic rings. The molecule has 1 rings (SSSR count). The van der Waals surface area contributed by atoms with Crippen LogP contribution in [0.4, 0.5) is 0 Å². The molecule has 14 heavy (non-hydrogen) atoms. The van der Waals surface area contributed by atoms with Crippen molar-refractivity contribution in [2.75, 3.05) is 20.3 Å². The van der Waals surface area contributed by atoms with E-state index in [1.54, 1.807) is 7.11 Å². The topological polar surface area (TPSA) is 44.5 Å². The van der Waals surface area contributed by atoms with Gasteiger partial charge in [0.1, 0.15) is 6.61 Å². The van der Waals surface area contributed by atoms with Crippen LogP contribution in [-0.2, 0) is 0 Å². The van der Waals surface area contributed by atoms with Gasteiger partial charge in [0.2, 0.25) is 0 Å². The van der Waals surface area contributed by atoms with Gasteiger partial charge in [0.05, 0.1) is 7.11 Å². The summed E-state index contributed by atoms with van der Waals surface area (Å²) in [5.41, 5.74) is 5.30. The zero-order valence-electron chi connectivity index (χ0n) is 8.27. The van der Waals surface area contributed by atoms with E-state index in [2.05, 4.69) is 0 Å². The Morgan fingerprint density at radius 3 is 2.57 bits per heavy atom. The molecule has 1 aromatic carbocycles. The van der Waals surface area contributed by atoms with Gasteiger partial charge in [-0.2, -0.15) is 0 Å². The molecule has 0 saturated heterocycles. The van der Waals surface area contributed by atoms with Gasteiger partial charge in [-0.15, -0.1) is 0 Å². The number of hydrogen-bond donors (Lipinski definition) is 1. The number of rotatable bonds is 5. The van der Waals surface area contributed by atoms with Gasteiger partial charge in [0.15, 0.2) is 11.5 Å². The first-order valence-corrected chi connectivity index (χ1v) is 4.49. The maximum atomic E-state index is 5.46. The molecule has 76 valence electrons. The van der Waals surface area contributed by atoms with Crippen LogP contribution in [0.3, 0.4) is 0 Å². The second-order valence-electron chi connectivity index (χ2n) is 2.67. The van der Waals surface area contributed by atoms with E-state index < -0.39 is 0 Å². The zero-order valence-corrected chi connectivity index (χ0v) is 8.27. The van der Waals surface area contributed by atoms with E-state index in [0.717, 1.165) is 11.5 Å². The van der Waals surface area contributed by atoms with Crippen molar-refractivity contribution >= 4 is 0 Å². The first-order valence-electron chi connectivity index (χ1n) is 4.49. The highest BCUT2D eigenvalue weighted by Gasteiger charge is 1.99. The van der Waals surface area contributed by atoms with Crippen molar-refractivity contribution in [2.24, 2.45) is 5.73 Å². The first kappa shape index (κ1) is 10.6. The molecule has 0 aliphatic heterocycles. The van der Waals surface area contributed by atoms with Crippen molar-refractivity contribution in [1.82, 2.24) is 0 Å². The lowest BCUT2D eigenvalue weighted by Crippen LogP contribution is -1.98. The summed E-state index contributed by atoms with van der Waals surface area (Å²) in [6.07, 6.45) is 3.74. The van der Waals surface area contributed by atoms with Gasteiger partial charge in [0.25, 0.3) is 0 Å². The van der Waals surface area contributed by atoms with E-state index in [0.29, 0.717) is 13.2 Å². The van der Waals surface area contributed by atoms with Crippen molar-refractivity contribution in [2.45, 2.75) is 0 Å². The third kappa shape index (κ3) is 3.11. The van der Waals surface area contributed by atoms with Crippen molar-refractivity contribution < 1.29 is 9.47 Å². The summed E-state index contributed by atoms with van der Waals surface area (Å²) in [6, 6.07) is 7.54. The molecule has 0 radical (unpaired) electrons. The Balaban J connectivity index is 2.53. The molecular weight excluding hydrogens is 178 g/mol. The summed E-state index contributed by atoms with van der Waals surface area (Å²) < 4.78 is 10.6. The fraction of sp³-hybridized carbons (Fsp3) is 0.273. The van der Waals surface area contributed by atoms with E-state index in [4.69, 9.17) is 15.2 Å². The summed E-state index contributed by atoms with van der Waals surface area (Å²) >= 11 is 0. The number of ether oxygens (including phenoxy) is 2. The largest absolute Gasteiger partial charge is 0.493 e. The summed E-state index contributed by atoms with van der Waals surface area (Å²) in [5.74, 6) is 1.49. The van der Waals surface area contributed by atoms with Crippen LogP contribution in [0, 0.1) is 0 Å². The highest BCUT2D eigenvalue weighted by atomic mass is 16.5. The maximum Gasteiger partial charge on any atom is 0.161 e. The number of methoxy groups -OCH3 is 1. The Hall–Kier alpha value is -1.48. The van der Waals surface area contributed by atoms with E-state index in [9.17, 15) is 0 Å². The Morgan fingerprint density at radius 2 is 1.93 bits per heavy atom. The Morgan fingerprint density at radius 1 is 1.21 bits per heavy atom. The van der Waals surface area contributed by atoms with Gasteiger partial charge in [-0.1, -0.05) is 24.3 Å². The predicted octanol–water partition coefficient (Wildman–Crippen LogP) is 1.59. The van der Waals surface area contributed by atoms with Crippen LogP contribution in [-0.4, -0.2) is 20.3 Å². The minimum Gasteiger partial charge on any atom is -0.493 e. The highest BCUT2D eigenvalue weighted by Crippen LogP contribution is 2.25. The monoisotopic (exact) mass is 193 g/mol.